The Bertz CT molecular complexity index is 1030. The highest BCUT2D eigenvalue weighted by Crippen LogP contribution is 2.35. The fourth-order valence-corrected chi connectivity index (χ4v) is 4.19. The second-order valence-corrected chi connectivity index (χ2v) is 7.54. The fraction of sp³-hybridized carbons (Fsp3) is 0.304. The Balaban J connectivity index is 1.88. The van der Waals surface area contributed by atoms with Gasteiger partial charge in [-0.15, -0.1) is 0 Å². The standard InChI is InChI=1S/C23H24ClN3O/c1-3-26(4-2)23(28)20-14-25-21-10-9-18(24)13-19(21)22(20)27-12-11-16-7-5-6-8-17(16)15-27/h5-10,13-14H,3-4,11-12,15H2,1-2H3. The number of amides is 1. The number of pyridine rings is 1. The van der Waals surface area contributed by atoms with Gasteiger partial charge < -0.3 is 9.80 Å². The molecular weight excluding hydrogens is 370 g/mol. The third-order valence-electron chi connectivity index (χ3n) is 5.53. The molecule has 4 nitrogen and oxygen atoms in total. The first-order valence-corrected chi connectivity index (χ1v) is 10.2. The third-order valence-corrected chi connectivity index (χ3v) is 5.76. The first kappa shape index (κ1) is 18.8. The molecule has 0 aliphatic carbocycles. The SMILES string of the molecule is CCN(CC)C(=O)c1cnc2ccc(Cl)cc2c1N1CCc2ccccc2C1. The molecular formula is C23H24ClN3O. The number of benzene rings is 2. The number of nitrogens with zero attached hydrogens (tertiary/aromatic N) is 3. The molecule has 3 aromatic rings. The van der Waals surface area contributed by atoms with E-state index in [-0.39, 0.29) is 5.91 Å². The zero-order valence-electron chi connectivity index (χ0n) is 16.3. The van der Waals surface area contributed by atoms with Crippen molar-refractivity contribution in [2.45, 2.75) is 26.8 Å². The van der Waals surface area contributed by atoms with Gasteiger partial charge in [-0.3, -0.25) is 9.78 Å². The van der Waals surface area contributed by atoms with Gasteiger partial charge in [0.1, 0.15) is 0 Å². The Morgan fingerprint density at radius 1 is 1.14 bits per heavy atom. The highest BCUT2D eigenvalue weighted by atomic mass is 35.5. The molecule has 0 saturated heterocycles. The van der Waals surface area contributed by atoms with Crippen LogP contribution in [0.3, 0.4) is 0 Å². The second kappa shape index (κ2) is 7.80. The topological polar surface area (TPSA) is 36.4 Å². The molecule has 0 fully saturated rings. The Hall–Kier alpha value is -2.59. The maximum absolute atomic E-state index is 13.3. The van der Waals surface area contributed by atoms with E-state index in [1.54, 1.807) is 6.20 Å². The van der Waals surface area contributed by atoms with Crippen molar-refractivity contribution in [3.63, 3.8) is 0 Å². The number of fused-ring (bicyclic) bond motifs is 2. The van der Waals surface area contributed by atoms with Crippen LogP contribution in [0.5, 0.6) is 0 Å². The average molecular weight is 394 g/mol. The Morgan fingerprint density at radius 3 is 2.64 bits per heavy atom. The molecule has 28 heavy (non-hydrogen) atoms. The molecule has 0 saturated carbocycles. The van der Waals surface area contributed by atoms with Crippen LogP contribution in [-0.2, 0) is 13.0 Å². The van der Waals surface area contributed by atoms with Crippen LogP contribution in [0.2, 0.25) is 5.02 Å². The summed E-state index contributed by atoms with van der Waals surface area (Å²) >= 11 is 6.32. The van der Waals surface area contributed by atoms with Crippen molar-refractivity contribution >= 4 is 34.1 Å². The number of halogens is 1. The van der Waals surface area contributed by atoms with Gasteiger partial charge in [0, 0.05) is 42.8 Å². The van der Waals surface area contributed by atoms with Crippen molar-refractivity contribution in [1.29, 1.82) is 0 Å². The van der Waals surface area contributed by atoms with Gasteiger partial charge >= 0.3 is 0 Å². The maximum atomic E-state index is 13.3. The lowest BCUT2D eigenvalue weighted by molar-refractivity contribution is 0.0773. The molecule has 0 spiro atoms. The summed E-state index contributed by atoms with van der Waals surface area (Å²) in [4.78, 5) is 22.0. The van der Waals surface area contributed by atoms with Crippen LogP contribution in [-0.4, -0.2) is 35.4 Å². The summed E-state index contributed by atoms with van der Waals surface area (Å²) in [5.74, 6) is 0.0215. The average Bonchev–Trinajstić information content (AvgIpc) is 2.73. The summed E-state index contributed by atoms with van der Waals surface area (Å²) in [6.07, 6.45) is 2.69. The molecule has 144 valence electrons. The van der Waals surface area contributed by atoms with E-state index >= 15 is 0 Å². The highest BCUT2D eigenvalue weighted by Gasteiger charge is 2.26. The number of carbonyl (C=O) groups is 1. The van der Waals surface area contributed by atoms with Gasteiger partial charge in [0.2, 0.25) is 0 Å². The lowest BCUT2D eigenvalue weighted by Gasteiger charge is -2.33. The van der Waals surface area contributed by atoms with E-state index in [0.717, 1.165) is 36.1 Å². The molecule has 2 heterocycles. The summed E-state index contributed by atoms with van der Waals surface area (Å²) in [5.41, 5.74) is 5.14. The summed E-state index contributed by atoms with van der Waals surface area (Å²) in [6.45, 7) is 6.99. The molecule has 0 unspecified atom stereocenters. The van der Waals surface area contributed by atoms with E-state index in [1.165, 1.54) is 11.1 Å². The number of anilines is 1. The number of rotatable bonds is 4. The van der Waals surface area contributed by atoms with Gasteiger partial charge in [-0.05, 0) is 49.6 Å². The van der Waals surface area contributed by atoms with Gasteiger partial charge in [0.25, 0.3) is 5.91 Å². The van der Waals surface area contributed by atoms with E-state index in [2.05, 4.69) is 34.1 Å². The van der Waals surface area contributed by atoms with Gasteiger partial charge in [-0.2, -0.15) is 0 Å². The van der Waals surface area contributed by atoms with Crippen LogP contribution < -0.4 is 4.90 Å². The molecule has 4 rings (SSSR count). The van der Waals surface area contributed by atoms with Crippen molar-refractivity contribution in [2.24, 2.45) is 0 Å². The van der Waals surface area contributed by atoms with E-state index in [9.17, 15) is 4.79 Å². The first-order chi connectivity index (χ1) is 13.6. The normalized spacial score (nSPS) is 13.5. The minimum atomic E-state index is 0.0215. The van der Waals surface area contributed by atoms with Crippen LogP contribution in [0.1, 0.15) is 35.3 Å². The Labute approximate surface area is 170 Å². The van der Waals surface area contributed by atoms with E-state index in [4.69, 9.17) is 11.6 Å². The van der Waals surface area contributed by atoms with Crippen LogP contribution in [0.25, 0.3) is 10.9 Å². The van der Waals surface area contributed by atoms with Crippen molar-refractivity contribution in [3.8, 4) is 0 Å². The van der Waals surface area contributed by atoms with E-state index < -0.39 is 0 Å². The highest BCUT2D eigenvalue weighted by molar-refractivity contribution is 6.31. The molecule has 0 N–H and O–H groups in total. The molecule has 0 atom stereocenters. The number of carbonyl (C=O) groups excluding carboxylic acids is 1. The molecule has 2 aromatic carbocycles. The second-order valence-electron chi connectivity index (χ2n) is 7.10. The number of aromatic nitrogens is 1. The molecule has 1 aliphatic heterocycles. The summed E-state index contributed by atoms with van der Waals surface area (Å²) < 4.78 is 0. The predicted molar refractivity (Wildman–Crippen MR) is 115 cm³/mol. The monoisotopic (exact) mass is 393 g/mol. The smallest absolute Gasteiger partial charge is 0.257 e. The van der Waals surface area contributed by atoms with Gasteiger partial charge in [-0.25, -0.2) is 0 Å². The number of hydrogen-bond donors (Lipinski definition) is 0. The lowest BCUT2D eigenvalue weighted by Crippen LogP contribution is -2.35. The van der Waals surface area contributed by atoms with Crippen LogP contribution in [0, 0.1) is 0 Å². The first-order valence-electron chi connectivity index (χ1n) is 9.81. The van der Waals surface area contributed by atoms with Gasteiger partial charge in [0.15, 0.2) is 0 Å². The zero-order chi connectivity index (χ0) is 19.7. The summed E-state index contributed by atoms with van der Waals surface area (Å²) in [7, 11) is 0. The van der Waals surface area contributed by atoms with Crippen molar-refractivity contribution < 1.29 is 4.79 Å². The number of hydrogen-bond acceptors (Lipinski definition) is 3. The van der Waals surface area contributed by atoms with Crippen molar-refractivity contribution in [3.05, 3.63) is 70.4 Å². The Kier molecular flexibility index (Phi) is 5.23. The lowest BCUT2D eigenvalue weighted by atomic mass is 9.97. The molecule has 0 bridgehead atoms. The molecule has 0 radical (unpaired) electrons. The molecule has 1 aromatic heterocycles. The molecule has 1 amide bonds. The van der Waals surface area contributed by atoms with Gasteiger partial charge in [-0.1, -0.05) is 35.9 Å². The van der Waals surface area contributed by atoms with Crippen molar-refractivity contribution in [1.82, 2.24) is 9.88 Å². The predicted octanol–water partition coefficient (Wildman–Crippen LogP) is 4.93. The Morgan fingerprint density at radius 2 is 1.89 bits per heavy atom. The van der Waals surface area contributed by atoms with Gasteiger partial charge in [0.05, 0.1) is 16.8 Å². The molecule has 1 aliphatic rings. The largest absolute Gasteiger partial charge is 0.366 e. The van der Waals surface area contributed by atoms with Crippen molar-refractivity contribution in [2.75, 3.05) is 24.5 Å². The fourth-order valence-electron chi connectivity index (χ4n) is 4.02. The zero-order valence-corrected chi connectivity index (χ0v) is 17.0. The minimum Gasteiger partial charge on any atom is -0.366 e. The maximum Gasteiger partial charge on any atom is 0.257 e. The van der Waals surface area contributed by atoms with Crippen LogP contribution in [0.4, 0.5) is 5.69 Å². The van der Waals surface area contributed by atoms with Crippen LogP contribution >= 0.6 is 11.6 Å². The van der Waals surface area contributed by atoms with E-state index in [1.807, 2.05) is 36.9 Å². The quantitative estimate of drug-likeness (QED) is 0.630. The minimum absolute atomic E-state index is 0.0215. The third kappa shape index (κ3) is 3.33. The molecule has 5 heteroatoms. The summed E-state index contributed by atoms with van der Waals surface area (Å²) in [5, 5.41) is 1.59. The summed E-state index contributed by atoms with van der Waals surface area (Å²) in [6, 6.07) is 14.2. The van der Waals surface area contributed by atoms with Crippen LogP contribution in [0.15, 0.2) is 48.7 Å². The van der Waals surface area contributed by atoms with E-state index in [0.29, 0.717) is 23.7 Å².